The molecule has 172 valence electrons. The summed E-state index contributed by atoms with van der Waals surface area (Å²) in [6.07, 6.45) is 6.29. The quantitative estimate of drug-likeness (QED) is 0.275. The molecule has 0 radical (unpaired) electrons. The highest BCUT2D eigenvalue weighted by Gasteiger charge is 2.33. The van der Waals surface area contributed by atoms with Crippen LogP contribution < -0.4 is 5.32 Å². The Morgan fingerprint density at radius 3 is 2.27 bits per heavy atom. The molecule has 0 saturated heterocycles. The molecule has 1 aliphatic heterocycles. The van der Waals surface area contributed by atoms with Gasteiger partial charge in [0.1, 0.15) is 0 Å². The van der Waals surface area contributed by atoms with Crippen LogP contribution in [0.2, 0.25) is 0 Å². The molecule has 2 aromatic carbocycles. The summed E-state index contributed by atoms with van der Waals surface area (Å²) in [7, 11) is 0. The molecule has 33 heavy (non-hydrogen) atoms. The van der Waals surface area contributed by atoms with E-state index in [4.69, 9.17) is 21.7 Å². The predicted octanol–water partition coefficient (Wildman–Crippen LogP) is 6.64. The average Bonchev–Trinajstić information content (AvgIpc) is 3.33. The molecule has 1 aromatic heterocycles. The van der Waals surface area contributed by atoms with Gasteiger partial charge in [-0.2, -0.15) is 4.98 Å². The number of unbranched alkanes of at least 4 members (excludes halogenated alkanes) is 1. The van der Waals surface area contributed by atoms with Crippen LogP contribution in [0.15, 0.2) is 68.5 Å². The van der Waals surface area contributed by atoms with Crippen molar-refractivity contribution < 1.29 is 4.52 Å². The first-order valence-corrected chi connectivity index (χ1v) is 13.8. The monoisotopic (exact) mass is 496 g/mol. The molecule has 3 aromatic rings. The van der Waals surface area contributed by atoms with Gasteiger partial charge in [0.2, 0.25) is 5.82 Å². The summed E-state index contributed by atoms with van der Waals surface area (Å²) in [5, 5.41) is 8.57. The summed E-state index contributed by atoms with van der Waals surface area (Å²) in [5.41, 5.74) is 4.07. The zero-order chi connectivity index (χ0) is 23.4. The lowest BCUT2D eigenvalue weighted by Crippen LogP contribution is -2.46. The largest absolute Gasteiger partial charge is 0.351 e. The van der Waals surface area contributed by atoms with E-state index in [9.17, 15) is 0 Å². The van der Waals surface area contributed by atoms with Crippen molar-refractivity contribution in [2.45, 2.75) is 42.5 Å². The van der Waals surface area contributed by atoms with E-state index < -0.39 is 0 Å². The SMILES string of the molecule is CCCCN1C(=S)NC(c2ccc(SC)cc2)C(c2nc(-c3ccc(SC)cc3)no2)=C1C. The fraction of sp³-hybridized carbons (Fsp3) is 0.320. The van der Waals surface area contributed by atoms with Gasteiger partial charge < -0.3 is 14.7 Å². The summed E-state index contributed by atoms with van der Waals surface area (Å²) < 4.78 is 5.83. The van der Waals surface area contributed by atoms with Crippen molar-refractivity contribution in [3.63, 3.8) is 0 Å². The van der Waals surface area contributed by atoms with Crippen molar-refractivity contribution in [3.05, 3.63) is 65.7 Å². The zero-order valence-electron chi connectivity index (χ0n) is 19.3. The minimum absolute atomic E-state index is 0.154. The van der Waals surface area contributed by atoms with Crippen molar-refractivity contribution in [1.82, 2.24) is 20.4 Å². The third-order valence-corrected chi connectivity index (χ3v) is 7.61. The number of allylic oxidation sites excluding steroid dienone is 1. The van der Waals surface area contributed by atoms with Crippen LogP contribution in [-0.2, 0) is 0 Å². The molecule has 0 spiro atoms. The van der Waals surface area contributed by atoms with Gasteiger partial charge in [0.15, 0.2) is 5.11 Å². The Hall–Kier alpha value is -2.29. The molecule has 4 rings (SSSR count). The molecule has 0 saturated carbocycles. The fourth-order valence-electron chi connectivity index (χ4n) is 3.88. The Morgan fingerprint density at radius 1 is 1.03 bits per heavy atom. The number of benzene rings is 2. The molecule has 8 heteroatoms. The maximum Gasteiger partial charge on any atom is 0.258 e. The van der Waals surface area contributed by atoms with Crippen LogP contribution in [-0.4, -0.2) is 39.2 Å². The summed E-state index contributed by atoms with van der Waals surface area (Å²) in [6, 6.07) is 16.6. The van der Waals surface area contributed by atoms with E-state index in [1.807, 2.05) is 12.1 Å². The lowest BCUT2D eigenvalue weighted by atomic mass is 9.94. The van der Waals surface area contributed by atoms with Crippen LogP contribution in [0.5, 0.6) is 0 Å². The number of rotatable bonds is 8. The van der Waals surface area contributed by atoms with E-state index in [1.54, 1.807) is 23.5 Å². The Balaban J connectivity index is 1.76. The maximum absolute atomic E-state index is 5.83. The van der Waals surface area contributed by atoms with Gasteiger partial charge in [-0.25, -0.2) is 0 Å². The summed E-state index contributed by atoms with van der Waals surface area (Å²) in [6.45, 7) is 5.13. The number of hydrogen-bond donors (Lipinski definition) is 1. The van der Waals surface area contributed by atoms with E-state index >= 15 is 0 Å². The second-order valence-corrected chi connectivity index (χ2v) is 9.96. The zero-order valence-corrected chi connectivity index (χ0v) is 21.7. The highest BCUT2D eigenvalue weighted by atomic mass is 32.2. The van der Waals surface area contributed by atoms with E-state index in [-0.39, 0.29) is 6.04 Å². The molecule has 1 aliphatic rings. The Labute approximate surface area is 209 Å². The third-order valence-electron chi connectivity index (χ3n) is 5.79. The van der Waals surface area contributed by atoms with Gasteiger partial charge in [-0.1, -0.05) is 30.6 Å². The molecule has 0 aliphatic carbocycles. The minimum Gasteiger partial charge on any atom is -0.351 e. The third kappa shape index (κ3) is 5.13. The van der Waals surface area contributed by atoms with Gasteiger partial charge in [-0.15, -0.1) is 23.5 Å². The van der Waals surface area contributed by atoms with Crippen LogP contribution >= 0.6 is 35.7 Å². The number of thioether (sulfide) groups is 2. The first-order chi connectivity index (χ1) is 16.0. The van der Waals surface area contributed by atoms with Crippen molar-refractivity contribution in [3.8, 4) is 11.4 Å². The Kier molecular flexibility index (Phi) is 7.78. The summed E-state index contributed by atoms with van der Waals surface area (Å²) in [5.74, 6) is 1.11. The summed E-state index contributed by atoms with van der Waals surface area (Å²) in [4.78, 5) is 9.37. The van der Waals surface area contributed by atoms with Crippen molar-refractivity contribution in [2.24, 2.45) is 0 Å². The number of aromatic nitrogens is 2. The molecule has 0 bridgehead atoms. The van der Waals surface area contributed by atoms with Gasteiger partial charge in [-0.05, 0) is 80.0 Å². The van der Waals surface area contributed by atoms with E-state index in [2.05, 4.69) is 78.1 Å². The second-order valence-electron chi connectivity index (χ2n) is 7.81. The van der Waals surface area contributed by atoms with Crippen molar-refractivity contribution in [1.29, 1.82) is 0 Å². The molecule has 2 heterocycles. The smallest absolute Gasteiger partial charge is 0.258 e. The van der Waals surface area contributed by atoms with Crippen molar-refractivity contribution >= 4 is 46.4 Å². The second kappa shape index (κ2) is 10.8. The van der Waals surface area contributed by atoms with E-state index in [0.717, 1.165) is 46.9 Å². The number of hydrogen-bond acceptors (Lipinski definition) is 6. The molecule has 1 unspecified atom stereocenters. The van der Waals surface area contributed by atoms with Crippen LogP contribution in [0.25, 0.3) is 17.0 Å². The van der Waals surface area contributed by atoms with Gasteiger partial charge in [-0.3, -0.25) is 0 Å². The lowest BCUT2D eigenvalue weighted by Gasteiger charge is -2.37. The van der Waals surface area contributed by atoms with Gasteiger partial charge in [0.25, 0.3) is 5.89 Å². The van der Waals surface area contributed by atoms with Crippen LogP contribution in [0, 0.1) is 0 Å². The molecular weight excluding hydrogens is 469 g/mol. The topological polar surface area (TPSA) is 54.2 Å². The highest BCUT2D eigenvalue weighted by molar-refractivity contribution is 7.98. The number of thiocarbonyl (C=S) groups is 1. The van der Waals surface area contributed by atoms with E-state index in [0.29, 0.717) is 11.7 Å². The Morgan fingerprint density at radius 2 is 1.67 bits per heavy atom. The number of nitrogens with zero attached hydrogens (tertiary/aromatic N) is 3. The van der Waals surface area contributed by atoms with Gasteiger partial charge in [0.05, 0.1) is 11.6 Å². The summed E-state index contributed by atoms with van der Waals surface area (Å²) >= 11 is 9.20. The molecule has 0 amide bonds. The van der Waals surface area contributed by atoms with Crippen LogP contribution in [0.1, 0.15) is 44.2 Å². The number of nitrogens with one attached hydrogen (secondary N) is 1. The highest BCUT2D eigenvalue weighted by Crippen LogP contribution is 2.38. The average molecular weight is 497 g/mol. The molecule has 1 N–H and O–H groups in total. The van der Waals surface area contributed by atoms with Gasteiger partial charge in [0, 0.05) is 27.6 Å². The van der Waals surface area contributed by atoms with E-state index in [1.165, 1.54) is 9.79 Å². The van der Waals surface area contributed by atoms with Gasteiger partial charge >= 0.3 is 0 Å². The first-order valence-electron chi connectivity index (χ1n) is 11.0. The predicted molar refractivity (Wildman–Crippen MR) is 142 cm³/mol. The fourth-order valence-corrected chi connectivity index (χ4v) is 5.04. The Bertz CT molecular complexity index is 1140. The molecule has 5 nitrogen and oxygen atoms in total. The molecule has 0 fully saturated rings. The minimum atomic E-state index is -0.154. The lowest BCUT2D eigenvalue weighted by molar-refractivity contribution is 0.395. The maximum atomic E-state index is 5.83. The molecule has 1 atom stereocenters. The molecular formula is C25H28N4OS3. The standard InChI is InChI=1S/C25H28N4OS3/c1-5-6-15-29-16(2)21(22(26-25(29)31)17-7-11-19(32-3)12-8-17)24-27-23(28-30-24)18-9-13-20(33-4)14-10-18/h7-14,22H,5-6,15H2,1-4H3,(H,26,31). The normalized spacial score (nSPS) is 16.3. The first kappa shape index (κ1) is 23.9. The van der Waals surface area contributed by atoms with Crippen molar-refractivity contribution in [2.75, 3.05) is 19.1 Å². The van der Waals surface area contributed by atoms with Crippen LogP contribution in [0.3, 0.4) is 0 Å². The van der Waals surface area contributed by atoms with Crippen LogP contribution in [0.4, 0.5) is 0 Å².